The van der Waals surface area contributed by atoms with E-state index < -0.39 is 8.56 Å². The van der Waals surface area contributed by atoms with Gasteiger partial charge in [0.25, 0.3) is 0 Å². The van der Waals surface area contributed by atoms with Crippen LogP contribution in [-0.2, 0) is 4.74 Å². The summed E-state index contributed by atoms with van der Waals surface area (Å²) in [5.74, 6) is 0.678. The van der Waals surface area contributed by atoms with Crippen LogP contribution in [0.25, 0.3) is 0 Å². The van der Waals surface area contributed by atoms with E-state index in [1.807, 2.05) is 6.92 Å². The van der Waals surface area contributed by atoms with Gasteiger partial charge in [-0.3, -0.25) is 0 Å². The lowest BCUT2D eigenvalue weighted by Crippen LogP contribution is -2.34. The van der Waals surface area contributed by atoms with Crippen molar-refractivity contribution in [3.63, 3.8) is 0 Å². The number of rotatable bonds is 5. The Hall–Kier alpha value is 0.0969. The molecule has 0 aromatic heterocycles. The SMILES string of the molecule is CCC[Si](O)(O)CCC1CCC2OC2C1. The monoisotopic (exact) mass is 230 g/mol. The molecule has 0 spiro atoms. The van der Waals surface area contributed by atoms with Gasteiger partial charge in [-0.15, -0.1) is 0 Å². The van der Waals surface area contributed by atoms with Gasteiger partial charge in [-0.05, 0) is 43.7 Å². The Morgan fingerprint density at radius 1 is 1.20 bits per heavy atom. The molecule has 1 saturated carbocycles. The van der Waals surface area contributed by atoms with Crippen molar-refractivity contribution in [2.45, 2.75) is 63.3 Å². The molecule has 88 valence electrons. The van der Waals surface area contributed by atoms with E-state index in [9.17, 15) is 9.59 Å². The summed E-state index contributed by atoms with van der Waals surface area (Å²) in [5.41, 5.74) is 0. The molecule has 3 unspecified atom stereocenters. The quantitative estimate of drug-likeness (QED) is 0.559. The first-order valence-electron chi connectivity index (χ1n) is 6.21. The van der Waals surface area contributed by atoms with Crippen molar-refractivity contribution >= 4 is 8.56 Å². The van der Waals surface area contributed by atoms with Gasteiger partial charge in [0, 0.05) is 0 Å². The van der Waals surface area contributed by atoms with Crippen LogP contribution in [0.15, 0.2) is 0 Å². The van der Waals surface area contributed by atoms with Gasteiger partial charge in [0.05, 0.1) is 12.2 Å². The summed E-state index contributed by atoms with van der Waals surface area (Å²) in [7, 11) is -2.84. The van der Waals surface area contributed by atoms with Crippen LogP contribution in [0.4, 0.5) is 0 Å². The second-order valence-corrected chi connectivity index (χ2v) is 8.13. The standard InChI is InChI=1S/C11H22O3Si/c1-2-6-15(12,13)7-5-9-3-4-10-11(8-9)14-10/h9-13H,2-8H2,1H3. The summed E-state index contributed by atoms with van der Waals surface area (Å²) >= 11 is 0. The smallest absolute Gasteiger partial charge is 0.332 e. The molecule has 0 aromatic carbocycles. The molecular formula is C11H22O3Si. The van der Waals surface area contributed by atoms with E-state index in [2.05, 4.69) is 0 Å². The predicted octanol–water partition coefficient (Wildman–Crippen LogP) is 1.78. The Bertz CT molecular complexity index is 220. The van der Waals surface area contributed by atoms with Crippen LogP contribution in [0.3, 0.4) is 0 Å². The molecular weight excluding hydrogens is 208 g/mol. The van der Waals surface area contributed by atoms with E-state index in [1.54, 1.807) is 0 Å². The summed E-state index contributed by atoms with van der Waals surface area (Å²) < 4.78 is 5.47. The van der Waals surface area contributed by atoms with Crippen molar-refractivity contribution in [3.05, 3.63) is 0 Å². The van der Waals surface area contributed by atoms with Crippen molar-refractivity contribution in [2.75, 3.05) is 0 Å². The van der Waals surface area contributed by atoms with Gasteiger partial charge in [-0.25, -0.2) is 0 Å². The molecule has 2 fully saturated rings. The number of epoxide rings is 1. The fourth-order valence-corrected chi connectivity index (χ4v) is 4.63. The van der Waals surface area contributed by atoms with Gasteiger partial charge in [-0.1, -0.05) is 13.3 Å². The Morgan fingerprint density at radius 3 is 2.67 bits per heavy atom. The van der Waals surface area contributed by atoms with Gasteiger partial charge in [0.15, 0.2) is 0 Å². The first-order valence-corrected chi connectivity index (χ1v) is 8.52. The van der Waals surface area contributed by atoms with E-state index >= 15 is 0 Å². The van der Waals surface area contributed by atoms with Crippen LogP contribution in [0.2, 0.25) is 12.1 Å². The normalized spacial score (nSPS) is 35.0. The Labute approximate surface area is 92.7 Å². The van der Waals surface area contributed by atoms with Crippen LogP contribution in [0.5, 0.6) is 0 Å². The number of ether oxygens (including phenoxy) is 1. The minimum atomic E-state index is -2.84. The zero-order chi connectivity index (χ0) is 10.9. The third-order valence-corrected chi connectivity index (χ3v) is 6.11. The van der Waals surface area contributed by atoms with Gasteiger partial charge in [-0.2, -0.15) is 0 Å². The molecule has 0 amide bonds. The molecule has 1 saturated heterocycles. The predicted molar refractivity (Wildman–Crippen MR) is 60.7 cm³/mol. The highest BCUT2D eigenvalue weighted by atomic mass is 28.4. The topological polar surface area (TPSA) is 53.0 Å². The summed E-state index contributed by atoms with van der Waals surface area (Å²) in [6.07, 6.45) is 6.52. The second kappa shape index (κ2) is 4.53. The summed E-state index contributed by atoms with van der Waals surface area (Å²) in [5, 5.41) is 0. The fourth-order valence-electron chi connectivity index (χ4n) is 2.71. The van der Waals surface area contributed by atoms with Crippen molar-refractivity contribution < 1.29 is 14.3 Å². The van der Waals surface area contributed by atoms with E-state index in [1.165, 1.54) is 12.8 Å². The second-order valence-electron chi connectivity index (χ2n) is 5.16. The van der Waals surface area contributed by atoms with E-state index in [-0.39, 0.29) is 0 Å². The van der Waals surface area contributed by atoms with Gasteiger partial charge < -0.3 is 14.3 Å². The Kier molecular flexibility index (Phi) is 3.50. The van der Waals surface area contributed by atoms with Gasteiger partial charge in [0.1, 0.15) is 0 Å². The Balaban J connectivity index is 1.68. The maximum Gasteiger partial charge on any atom is 0.332 e. The molecule has 4 heteroatoms. The largest absolute Gasteiger partial charge is 0.411 e. The maximum atomic E-state index is 9.78. The molecule has 1 aliphatic carbocycles. The molecule has 2 aliphatic rings. The summed E-state index contributed by atoms with van der Waals surface area (Å²) in [6, 6.07) is 1.28. The zero-order valence-electron chi connectivity index (χ0n) is 9.48. The fraction of sp³-hybridized carbons (Fsp3) is 1.00. The number of fused-ring (bicyclic) bond motifs is 1. The summed E-state index contributed by atoms with van der Waals surface area (Å²) in [4.78, 5) is 19.6. The highest BCUT2D eigenvalue weighted by Gasteiger charge is 2.44. The highest BCUT2D eigenvalue weighted by molar-refractivity contribution is 6.64. The van der Waals surface area contributed by atoms with E-state index in [0.29, 0.717) is 30.2 Å². The third kappa shape index (κ3) is 3.28. The molecule has 0 aromatic rings. The van der Waals surface area contributed by atoms with Crippen LogP contribution >= 0.6 is 0 Å². The lowest BCUT2D eigenvalue weighted by atomic mass is 9.88. The molecule has 0 bridgehead atoms. The van der Waals surface area contributed by atoms with Gasteiger partial charge >= 0.3 is 8.56 Å². The van der Waals surface area contributed by atoms with Crippen molar-refractivity contribution in [1.29, 1.82) is 0 Å². The average Bonchev–Trinajstić information content (AvgIpc) is 2.92. The van der Waals surface area contributed by atoms with Crippen molar-refractivity contribution in [1.82, 2.24) is 0 Å². The first kappa shape index (κ1) is 11.6. The van der Waals surface area contributed by atoms with Crippen molar-refractivity contribution in [2.24, 2.45) is 5.92 Å². The molecule has 2 rings (SSSR count). The first-order chi connectivity index (χ1) is 7.11. The maximum absolute atomic E-state index is 9.78. The molecule has 2 N–H and O–H groups in total. The van der Waals surface area contributed by atoms with E-state index in [0.717, 1.165) is 19.3 Å². The summed E-state index contributed by atoms with van der Waals surface area (Å²) in [6.45, 7) is 2.01. The van der Waals surface area contributed by atoms with Crippen molar-refractivity contribution in [3.8, 4) is 0 Å². The number of hydrogen-bond acceptors (Lipinski definition) is 3. The number of hydrogen-bond donors (Lipinski definition) is 2. The minimum Gasteiger partial charge on any atom is -0.411 e. The van der Waals surface area contributed by atoms with E-state index in [4.69, 9.17) is 4.74 Å². The molecule has 0 radical (unpaired) electrons. The average molecular weight is 230 g/mol. The highest BCUT2D eigenvalue weighted by Crippen LogP contribution is 2.41. The molecule has 3 nitrogen and oxygen atoms in total. The van der Waals surface area contributed by atoms with Crippen LogP contribution in [0, 0.1) is 5.92 Å². The lowest BCUT2D eigenvalue weighted by Gasteiger charge is -2.23. The van der Waals surface area contributed by atoms with Crippen LogP contribution in [0.1, 0.15) is 39.0 Å². The molecule has 15 heavy (non-hydrogen) atoms. The molecule has 3 atom stereocenters. The minimum absolute atomic E-state index is 0.517. The lowest BCUT2D eigenvalue weighted by molar-refractivity contribution is 0.324. The molecule has 1 heterocycles. The zero-order valence-corrected chi connectivity index (χ0v) is 10.5. The molecule has 1 aliphatic heterocycles. The third-order valence-electron chi connectivity index (χ3n) is 3.72. The Morgan fingerprint density at radius 2 is 2.00 bits per heavy atom. The van der Waals surface area contributed by atoms with Crippen LogP contribution < -0.4 is 0 Å². The van der Waals surface area contributed by atoms with Crippen LogP contribution in [-0.4, -0.2) is 30.4 Å². The van der Waals surface area contributed by atoms with Gasteiger partial charge in [0.2, 0.25) is 0 Å².